The van der Waals surface area contributed by atoms with Gasteiger partial charge in [0.2, 0.25) is 0 Å². The van der Waals surface area contributed by atoms with Crippen molar-refractivity contribution >= 4 is 22.9 Å². The lowest BCUT2D eigenvalue weighted by Gasteiger charge is -2.35. The Kier molecular flexibility index (Phi) is 4.79. The lowest BCUT2D eigenvalue weighted by molar-refractivity contribution is 0.0447. The Bertz CT molecular complexity index is 1140. The number of anilines is 2. The summed E-state index contributed by atoms with van der Waals surface area (Å²) < 4.78 is 7.65. The summed E-state index contributed by atoms with van der Waals surface area (Å²) in [6, 6.07) is 5.73. The van der Waals surface area contributed by atoms with Gasteiger partial charge in [0.15, 0.2) is 5.65 Å². The van der Waals surface area contributed by atoms with E-state index in [9.17, 15) is 9.90 Å². The number of hydrogen-bond donors (Lipinski definition) is 2. The number of fused-ring (bicyclic) bond motifs is 2. The third-order valence-corrected chi connectivity index (χ3v) is 6.05. The molecule has 1 fully saturated rings. The van der Waals surface area contributed by atoms with Gasteiger partial charge in [0.1, 0.15) is 16.9 Å². The Morgan fingerprint density at radius 1 is 1.29 bits per heavy atom. The molecule has 0 saturated carbocycles. The van der Waals surface area contributed by atoms with E-state index < -0.39 is 5.60 Å². The minimum atomic E-state index is -0.642. The third-order valence-electron chi connectivity index (χ3n) is 6.05. The smallest absolute Gasteiger partial charge is 0.261 e. The fourth-order valence-corrected chi connectivity index (χ4v) is 4.23. The average Bonchev–Trinajstić information content (AvgIpc) is 3.34. The molecular weight excluding hydrogens is 396 g/mol. The molecule has 0 unspecified atom stereocenters. The lowest BCUT2D eigenvalue weighted by atomic mass is 9.99. The van der Waals surface area contributed by atoms with Gasteiger partial charge in [0.05, 0.1) is 24.2 Å². The van der Waals surface area contributed by atoms with Crippen LogP contribution in [0.4, 0.5) is 11.4 Å². The monoisotopic (exact) mass is 422 g/mol. The number of likely N-dealkylation sites (N-methyl/N-ethyl adjacent to an activating group) is 1. The number of nitrogens with one attached hydrogen (secondary N) is 1. The Labute approximate surface area is 180 Å². The van der Waals surface area contributed by atoms with Gasteiger partial charge in [-0.25, -0.2) is 9.50 Å². The summed E-state index contributed by atoms with van der Waals surface area (Å²) in [4.78, 5) is 22.0. The number of aromatic nitrogens is 3. The fraction of sp³-hybridized carbons (Fsp3) is 0.409. The van der Waals surface area contributed by atoms with Crippen molar-refractivity contribution in [2.75, 3.05) is 50.1 Å². The first-order valence-corrected chi connectivity index (χ1v) is 10.5. The number of nitrogens with zero attached hydrogens (tertiary/aromatic N) is 5. The number of amides is 1. The number of carbonyl (C=O) groups is 1. The zero-order valence-electron chi connectivity index (χ0n) is 17.7. The molecule has 0 spiro atoms. The molecule has 4 heterocycles. The largest absolute Gasteiger partial charge is 0.484 e. The summed E-state index contributed by atoms with van der Waals surface area (Å²) in [5.41, 5.74) is 2.92. The predicted octanol–water partition coefficient (Wildman–Crippen LogP) is 1.42. The molecule has 1 saturated heterocycles. The van der Waals surface area contributed by atoms with E-state index in [0.29, 0.717) is 17.6 Å². The van der Waals surface area contributed by atoms with Gasteiger partial charge in [-0.3, -0.25) is 4.79 Å². The van der Waals surface area contributed by atoms with E-state index in [-0.39, 0.29) is 12.5 Å². The van der Waals surface area contributed by atoms with Crippen molar-refractivity contribution in [1.82, 2.24) is 19.5 Å². The summed E-state index contributed by atoms with van der Waals surface area (Å²) in [7, 11) is 2.11. The van der Waals surface area contributed by atoms with Crippen LogP contribution in [0.5, 0.6) is 5.75 Å². The molecule has 0 aliphatic carbocycles. The van der Waals surface area contributed by atoms with Crippen molar-refractivity contribution < 1.29 is 14.6 Å². The molecule has 162 valence electrons. The van der Waals surface area contributed by atoms with E-state index in [0.717, 1.165) is 48.9 Å². The minimum Gasteiger partial charge on any atom is -0.484 e. The van der Waals surface area contributed by atoms with Gasteiger partial charge in [0.25, 0.3) is 5.91 Å². The summed E-state index contributed by atoms with van der Waals surface area (Å²) in [6.07, 6.45) is 5.53. The maximum absolute atomic E-state index is 13.2. The van der Waals surface area contributed by atoms with Gasteiger partial charge in [-0.15, -0.1) is 0 Å². The van der Waals surface area contributed by atoms with Gasteiger partial charge in [0, 0.05) is 56.6 Å². The number of hydrogen-bond acceptors (Lipinski definition) is 7. The van der Waals surface area contributed by atoms with Gasteiger partial charge in [-0.05, 0) is 26.1 Å². The molecule has 31 heavy (non-hydrogen) atoms. The van der Waals surface area contributed by atoms with Crippen molar-refractivity contribution in [3.63, 3.8) is 0 Å². The van der Waals surface area contributed by atoms with E-state index >= 15 is 0 Å². The minimum absolute atomic E-state index is 0.0682. The normalized spacial score (nSPS) is 21.2. The Morgan fingerprint density at radius 3 is 2.87 bits per heavy atom. The first-order valence-electron chi connectivity index (χ1n) is 10.5. The molecule has 3 aromatic rings. The maximum atomic E-state index is 13.2. The van der Waals surface area contributed by atoms with E-state index in [2.05, 4.69) is 32.2 Å². The van der Waals surface area contributed by atoms with Crippen LogP contribution in [0.3, 0.4) is 0 Å². The summed E-state index contributed by atoms with van der Waals surface area (Å²) in [6.45, 7) is 5.42. The van der Waals surface area contributed by atoms with Crippen LogP contribution in [-0.2, 0) is 6.42 Å². The molecule has 2 aliphatic rings. The molecule has 9 heteroatoms. The van der Waals surface area contributed by atoms with E-state index in [1.54, 1.807) is 23.0 Å². The van der Waals surface area contributed by atoms with Crippen LogP contribution in [0.2, 0.25) is 0 Å². The summed E-state index contributed by atoms with van der Waals surface area (Å²) >= 11 is 0. The second kappa shape index (κ2) is 7.51. The third kappa shape index (κ3) is 3.60. The van der Waals surface area contributed by atoms with E-state index in [1.165, 1.54) is 6.20 Å². The SMILES string of the molecule is CN1CCN(c2cc3c(cc2NC(=O)c2cnn4cccnc24)C[C@](C)(CO)O3)CC1. The molecule has 1 atom stereocenters. The van der Waals surface area contributed by atoms with Crippen LogP contribution in [-0.4, -0.2) is 75.9 Å². The molecule has 5 rings (SSSR count). The van der Waals surface area contributed by atoms with Crippen LogP contribution >= 0.6 is 0 Å². The van der Waals surface area contributed by atoms with Gasteiger partial charge in [-0.2, -0.15) is 5.10 Å². The quantitative estimate of drug-likeness (QED) is 0.657. The maximum Gasteiger partial charge on any atom is 0.261 e. The van der Waals surface area contributed by atoms with Crippen molar-refractivity contribution in [1.29, 1.82) is 0 Å². The molecule has 2 aromatic heterocycles. The van der Waals surface area contributed by atoms with Crippen molar-refractivity contribution in [2.45, 2.75) is 18.9 Å². The fourth-order valence-electron chi connectivity index (χ4n) is 4.23. The van der Waals surface area contributed by atoms with E-state index in [1.807, 2.05) is 19.1 Å². The van der Waals surface area contributed by atoms with Crippen LogP contribution in [0.25, 0.3) is 5.65 Å². The van der Waals surface area contributed by atoms with E-state index in [4.69, 9.17) is 4.74 Å². The summed E-state index contributed by atoms with van der Waals surface area (Å²) in [5, 5.41) is 17.1. The average molecular weight is 422 g/mol. The number of aliphatic hydroxyl groups excluding tert-OH is 1. The van der Waals surface area contributed by atoms with Crippen LogP contribution < -0.4 is 15.0 Å². The zero-order chi connectivity index (χ0) is 21.6. The highest BCUT2D eigenvalue weighted by atomic mass is 16.5. The molecule has 2 N–H and O–H groups in total. The predicted molar refractivity (Wildman–Crippen MR) is 117 cm³/mol. The topological polar surface area (TPSA) is 95.2 Å². The van der Waals surface area contributed by atoms with Crippen molar-refractivity contribution in [3.8, 4) is 5.75 Å². The number of aliphatic hydroxyl groups is 1. The Balaban J connectivity index is 1.50. The van der Waals surface area contributed by atoms with Crippen molar-refractivity contribution in [3.05, 3.63) is 47.9 Å². The highest BCUT2D eigenvalue weighted by molar-refractivity contribution is 6.09. The number of rotatable bonds is 4. The first-order chi connectivity index (χ1) is 15.0. The highest BCUT2D eigenvalue weighted by Gasteiger charge is 2.36. The molecule has 0 bridgehead atoms. The van der Waals surface area contributed by atoms with Crippen molar-refractivity contribution in [2.24, 2.45) is 0 Å². The Morgan fingerprint density at radius 2 is 2.10 bits per heavy atom. The molecule has 1 amide bonds. The van der Waals surface area contributed by atoms with Crippen LogP contribution in [0, 0.1) is 0 Å². The number of piperazine rings is 1. The zero-order valence-corrected chi connectivity index (χ0v) is 17.7. The number of benzene rings is 1. The van der Waals surface area contributed by atoms with Gasteiger partial charge in [-0.1, -0.05) is 0 Å². The molecule has 9 nitrogen and oxygen atoms in total. The number of ether oxygens (including phenoxy) is 1. The number of carbonyl (C=O) groups excluding carboxylic acids is 1. The summed E-state index contributed by atoms with van der Waals surface area (Å²) in [5.74, 6) is 0.508. The lowest BCUT2D eigenvalue weighted by Crippen LogP contribution is -2.44. The van der Waals surface area contributed by atoms with Crippen LogP contribution in [0.15, 0.2) is 36.8 Å². The Hall–Kier alpha value is -3.17. The second-order valence-corrected chi connectivity index (χ2v) is 8.55. The van der Waals surface area contributed by atoms with Gasteiger partial charge >= 0.3 is 0 Å². The molecular formula is C22H26N6O3. The molecule has 2 aliphatic heterocycles. The molecule has 0 radical (unpaired) electrons. The van der Waals surface area contributed by atoms with Crippen LogP contribution in [0.1, 0.15) is 22.8 Å². The standard InChI is InChI=1S/C22H26N6O3/c1-22(14-29)12-15-10-17(18(11-19(15)31-22)27-8-6-26(2)7-9-27)25-21(30)16-13-24-28-5-3-4-23-20(16)28/h3-5,10-11,13,29H,6-9,12,14H2,1-2H3,(H,25,30)/t22-/m1/s1. The molecule has 1 aromatic carbocycles. The second-order valence-electron chi connectivity index (χ2n) is 8.55. The first kappa shape index (κ1) is 19.8. The highest BCUT2D eigenvalue weighted by Crippen LogP contribution is 2.42. The van der Waals surface area contributed by atoms with Gasteiger partial charge < -0.3 is 25.0 Å².